The molecule has 0 bridgehead atoms. The highest BCUT2D eigenvalue weighted by molar-refractivity contribution is 5.83. The predicted molar refractivity (Wildman–Crippen MR) is 78.9 cm³/mol. The summed E-state index contributed by atoms with van der Waals surface area (Å²) in [5, 5.41) is 13.1. The highest BCUT2D eigenvalue weighted by Gasteiger charge is 2.40. The van der Waals surface area contributed by atoms with Crippen LogP contribution in [0.1, 0.15) is 37.4 Å². The second kappa shape index (κ2) is 4.95. The first kappa shape index (κ1) is 12.6. The molecule has 3 rings (SSSR count). The van der Waals surface area contributed by atoms with Crippen molar-refractivity contribution in [3.8, 4) is 0 Å². The van der Waals surface area contributed by atoms with E-state index >= 15 is 0 Å². The van der Waals surface area contributed by atoms with E-state index in [1.807, 2.05) is 18.2 Å². The van der Waals surface area contributed by atoms with E-state index in [0.29, 0.717) is 6.54 Å². The van der Waals surface area contributed by atoms with Gasteiger partial charge in [-0.05, 0) is 35.2 Å². The third-order valence-corrected chi connectivity index (χ3v) is 4.68. The van der Waals surface area contributed by atoms with Crippen molar-refractivity contribution in [2.45, 2.75) is 31.8 Å². The molecule has 0 radical (unpaired) electrons. The molecule has 1 aliphatic carbocycles. The minimum atomic E-state index is -0.440. The van der Waals surface area contributed by atoms with Gasteiger partial charge in [-0.1, -0.05) is 49.2 Å². The standard InChI is InChI=1S/C17H21NO/c18-12-17(9-3-4-10-17)16(19)15-8-7-13-5-1-2-6-14(13)11-15/h1-2,5-8,11,16,19H,3-4,9-10,12,18H2. The fourth-order valence-electron chi connectivity index (χ4n) is 3.40. The second-order valence-electron chi connectivity index (χ2n) is 5.78. The summed E-state index contributed by atoms with van der Waals surface area (Å²) in [6.45, 7) is 0.570. The van der Waals surface area contributed by atoms with E-state index in [9.17, 15) is 5.11 Å². The number of aliphatic hydroxyl groups is 1. The molecule has 0 saturated heterocycles. The summed E-state index contributed by atoms with van der Waals surface area (Å²) >= 11 is 0. The third-order valence-electron chi connectivity index (χ3n) is 4.68. The number of aliphatic hydroxyl groups excluding tert-OH is 1. The maximum absolute atomic E-state index is 10.8. The normalized spacial score (nSPS) is 19.7. The van der Waals surface area contributed by atoms with Gasteiger partial charge in [-0.3, -0.25) is 0 Å². The summed E-state index contributed by atoms with van der Waals surface area (Å²) in [6, 6.07) is 14.5. The maximum atomic E-state index is 10.8. The fourth-order valence-corrected chi connectivity index (χ4v) is 3.40. The summed E-state index contributed by atoms with van der Waals surface area (Å²) in [6.07, 6.45) is 4.00. The Morgan fingerprint density at radius 1 is 1.05 bits per heavy atom. The smallest absolute Gasteiger partial charge is 0.0858 e. The summed E-state index contributed by atoms with van der Waals surface area (Å²) in [5.41, 5.74) is 6.86. The van der Waals surface area contributed by atoms with Crippen molar-refractivity contribution in [1.82, 2.24) is 0 Å². The Bertz CT molecular complexity index is 572. The van der Waals surface area contributed by atoms with E-state index in [0.717, 1.165) is 18.4 Å². The molecule has 0 aromatic heterocycles. The molecule has 1 aliphatic rings. The van der Waals surface area contributed by atoms with Crippen molar-refractivity contribution in [2.24, 2.45) is 11.1 Å². The zero-order valence-electron chi connectivity index (χ0n) is 11.2. The van der Waals surface area contributed by atoms with Crippen LogP contribution in [0.25, 0.3) is 10.8 Å². The summed E-state index contributed by atoms with van der Waals surface area (Å²) in [5.74, 6) is 0. The SMILES string of the molecule is NCC1(C(O)c2ccc3ccccc3c2)CCCC1. The van der Waals surface area contributed by atoms with Gasteiger partial charge in [0.2, 0.25) is 0 Å². The summed E-state index contributed by atoms with van der Waals surface area (Å²) < 4.78 is 0. The van der Waals surface area contributed by atoms with Crippen LogP contribution in [-0.4, -0.2) is 11.7 Å². The monoisotopic (exact) mass is 255 g/mol. The Morgan fingerprint density at radius 3 is 2.42 bits per heavy atom. The number of fused-ring (bicyclic) bond motifs is 1. The van der Waals surface area contributed by atoms with Crippen LogP contribution < -0.4 is 5.73 Å². The molecule has 0 spiro atoms. The van der Waals surface area contributed by atoms with Crippen molar-refractivity contribution < 1.29 is 5.11 Å². The van der Waals surface area contributed by atoms with Gasteiger partial charge in [0.25, 0.3) is 0 Å². The first-order valence-electron chi connectivity index (χ1n) is 7.12. The summed E-state index contributed by atoms with van der Waals surface area (Å²) in [7, 11) is 0. The molecule has 1 unspecified atom stereocenters. The number of hydrogen-bond donors (Lipinski definition) is 2. The van der Waals surface area contributed by atoms with Crippen molar-refractivity contribution in [3.05, 3.63) is 48.0 Å². The van der Waals surface area contributed by atoms with Crippen molar-refractivity contribution >= 4 is 10.8 Å². The number of nitrogens with two attached hydrogens (primary N) is 1. The lowest BCUT2D eigenvalue weighted by atomic mass is 9.77. The Morgan fingerprint density at radius 2 is 1.74 bits per heavy atom. The van der Waals surface area contributed by atoms with Crippen LogP contribution >= 0.6 is 0 Å². The van der Waals surface area contributed by atoms with Crippen LogP contribution in [0.3, 0.4) is 0 Å². The van der Waals surface area contributed by atoms with E-state index in [4.69, 9.17) is 5.73 Å². The van der Waals surface area contributed by atoms with Crippen LogP contribution in [0.15, 0.2) is 42.5 Å². The van der Waals surface area contributed by atoms with Crippen LogP contribution in [0.4, 0.5) is 0 Å². The second-order valence-corrected chi connectivity index (χ2v) is 5.78. The molecule has 3 N–H and O–H groups in total. The van der Waals surface area contributed by atoms with Gasteiger partial charge in [-0.15, -0.1) is 0 Å². The molecular weight excluding hydrogens is 234 g/mol. The molecule has 0 amide bonds. The van der Waals surface area contributed by atoms with Gasteiger partial charge in [0.05, 0.1) is 6.10 Å². The molecule has 1 atom stereocenters. The van der Waals surface area contributed by atoms with Crippen LogP contribution in [0, 0.1) is 5.41 Å². The predicted octanol–water partition coefficient (Wildman–Crippen LogP) is 3.39. The average molecular weight is 255 g/mol. The van der Waals surface area contributed by atoms with E-state index < -0.39 is 6.10 Å². The van der Waals surface area contributed by atoms with Gasteiger partial charge in [-0.2, -0.15) is 0 Å². The van der Waals surface area contributed by atoms with E-state index in [2.05, 4.69) is 24.3 Å². The van der Waals surface area contributed by atoms with Gasteiger partial charge < -0.3 is 10.8 Å². The molecule has 100 valence electrons. The van der Waals surface area contributed by atoms with Crippen molar-refractivity contribution in [2.75, 3.05) is 6.54 Å². The van der Waals surface area contributed by atoms with Gasteiger partial charge in [0.1, 0.15) is 0 Å². The molecule has 0 aliphatic heterocycles. The minimum Gasteiger partial charge on any atom is -0.388 e. The van der Waals surface area contributed by atoms with E-state index in [1.54, 1.807) is 0 Å². The van der Waals surface area contributed by atoms with Gasteiger partial charge >= 0.3 is 0 Å². The van der Waals surface area contributed by atoms with E-state index in [-0.39, 0.29) is 5.41 Å². The molecule has 2 heteroatoms. The first-order valence-corrected chi connectivity index (χ1v) is 7.12. The van der Waals surface area contributed by atoms with Gasteiger partial charge in [0, 0.05) is 12.0 Å². The van der Waals surface area contributed by atoms with Crippen LogP contribution in [0.2, 0.25) is 0 Å². The molecule has 1 saturated carbocycles. The molecule has 2 nitrogen and oxygen atoms in total. The topological polar surface area (TPSA) is 46.2 Å². The Kier molecular flexibility index (Phi) is 3.29. The van der Waals surface area contributed by atoms with Crippen LogP contribution in [0.5, 0.6) is 0 Å². The highest BCUT2D eigenvalue weighted by Crippen LogP contribution is 2.47. The third kappa shape index (κ3) is 2.15. The zero-order valence-corrected chi connectivity index (χ0v) is 11.2. The van der Waals surface area contributed by atoms with Gasteiger partial charge in [0.15, 0.2) is 0 Å². The largest absolute Gasteiger partial charge is 0.388 e. The van der Waals surface area contributed by atoms with Crippen LogP contribution in [-0.2, 0) is 0 Å². The Balaban J connectivity index is 1.99. The summed E-state index contributed by atoms with van der Waals surface area (Å²) in [4.78, 5) is 0. The quantitative estimate of drug-likeness (QED) is 0.883. The molecular formula is C17H21NO. The molecule has 2 aromatic rings. The van der Waals surface area contributed by atoms with E-state index in [1.165, 1.54) is 23.6 Å². The Hall–Kier alpha value is -1.38. The number of hydrogen-bond acceptors (Lipinski definition) is 2. The number of rotatable bonds is 3. The molecule has 0 heterocycles. The first-order chi connectivity index (χ1) is 9.25. The average Bonchev–Trinajstić information content (AvgIpc) is 2.96. The fraction of sp³-hybridized carbons (Fsp3) is 0.412. The molecule has 1 fully saturated rings. The highest BCUT2D eigenvalue weighted by atomic mass is 16.3. The lowest BCUT2D eigenvalue weighted by Crippen LogP contribution is -2.34. The number of benzene rings is 2. The molecule has 19 heavy (non-hydrogen) atoms. The Labute approximate surface area is 114 Å². The van der Waals surface area contributed by atoms with Crippen molar-refractivity contribution in [3.63, 3.8) is 0 Å². The lowest BCUT2D eigenvalue weighted by Gasteiger charge is -2.33. The van der Waals surface area contributed by atoms with Crippen molar-refractivity contribution in [1.29, 1.82) is 0 Å². The van der Waals surface area contributed by atoms with Gasteiger partial charge in [-0.25, -0.2) is 0 Å². The lowest BCUT2D eigenvalue weighted by molar-refractivity contribution is 0.0334. The molecule has 2 aromatic carbocycles. The zero-order chi connectivity index (χ0) is 13.3. The minimum absolute atomic E-state index is 0.109. The maximum Gasteiger partial charge on any atom is 0.0858 e.